The molecule has 0 aromatic heterocycles. The van der Waals surface area contributed by atoms with E-state index in [1.807, 2.05) is 0 Å². The maximum absolute atomic E-state index is 3.62. The molecule has 0 spiro atoms. The van der Waals surface area contributed by atoms with Gasteiger partial charge in [0, 0.05) is 12.6 Å². The van der Waals surface area contributed by atoms with E-state index in [2.05, 4.69) is 37.9 Å². The summed E-state index contributed by atoms with van der Waals surface area (Å²) in [4.78, 5) is 2.76. The SMILES string of the molecule is CCCNCC(CCC)N1CCC(CC)(CC)CC1. The second-order valence-electron chi connectivity index (χ2n) is 6.39. The van der Waals surface area contributed by atoms with Gasteiger partial charge in [0.1, 0.15) is 0 Å². The summed E-state index contributed by atoms with van der Waals surface area (Å²) in [6.45, 7) is 14.3. The van der Waals surface area contributed by atoms with Gasteiger partial charge in [-0.25, -0.2) is 0 Å². The molecule has 2 nitrogen and oxygen atoms in total. The third-order valence-electron chi connectivity index (χ3n) is 5.30. The molecular formula is C17H36N2. The molecule has 0 aromatic carbocycles. The Labute approximate surface area is 121 Å². The van der Waals surface area contributed by atoms with Crippen LogP contribution in [0.3, 0.4) is 0 Å². The predicted octanol–water partition coefficient (Wildman–Crippen LogP) is 4.06. The van der Waals surface area contributed by atoms with Crippen LogP contribution in [-0.2, 0) is 0 Å². The van der Waals surface area contributed by atoms with Crippen molar-refractivity contribution in [1.29, 1.82) is 0 Å². The molecule has 114 valence electrons. The minimum atomic E-state index is 0.657. The highest BCUT2D eigenvalue weighted by Crippen LogP contribution is 2.38. The molecule has 0 amide bonds. The summed E-state index contributed by atoms with van der Waals surface area (Å²) in [7, 11) is 0. The minimum absolute atomic E-state index is 0.657. The Balaban J connectivity index is 2.44. The Hall–Kier alpha value is -0.0800. The van der Waals surface area contributed by atoms with E-state index in [4.69, 9.17) is 0 Å². The van der Waals surface area contributed by atoms with Crippen molar-refractivity contribution in [1.82, 2.24) is 10.2 Å². The zero-order valence-corrected chi connectivity index (χ0v) is 13.8. The van der Waals surface area contributed by atoms with Crippen LogP contribution in [-0.4, -0.2) is 37.1 Å². The fraction of sp³-hybridized carbons (Fsp3) is 1.00. The van der Waals surface area contributed by atoms with Gasteiger partial charge in [-0.15, -0.1) is 0 Å². The number of piperidine rings is 1. The molecule has 19 heavy (non-hydrogen) atoms. The number of hydrogen-bond acceptors (Lipinski definition) is 2. The van der Waals surface area contributed by atoms with Gasteiger partial charge in [-0.05, 0) is 50.7 Å². The van der Waals surface area contributed by atoms with Crippen molar-refractivity contribution in [3.8, 4) is 0 Å². The van der Waals surface area contributed by atoms with E-state index in [0.717, 1.165) is 6.04 Å². The van der Waals surface area contributed by atoms with E-state index in [1.54, 1.807) is 0 Å². The van der Waals surface area contributed by atoms with Crippen LogP contribution in [0.1, 0.15) is 72.6 Å². The number of nitrogens with zero attached hydrogens (tertiary/aromatic N) is 1. The van der Waals surface area contributed by atoms with E-state index in [0.29, 0.717) is 5.41 Å². The van der Waals surface area contributed by atoms with Crippen LogP contribution < -0.4 is 5.32 Å². The topological polar surface area (TPSA) is 15.3 Å². The van der Waals surface area contributed by atoms with Crippen LogP contribution in [0, 0.1) is 5.41 Å². The second kappa shape index (κ2) is 8.97. The molecule has 0 radical (unpaired) electrons. The Morgan fingerprint density at radius 2 is 1.63 bits per heavy atom. The van der Waals surface area contributed by atoms with Crippen LogP contribution in [0.15, 0.2) is 0 Å². The van der Waals surface area contributed by atoms with Crippen LogP contribution in [0.4, 0.5) is 0 Å². The molecule has 1 saturated heterocycles. The highest BCUT2D eigenvalue weighted by atomic mass is 15.2. The maximum Gasteiger partial charge on any atom is 0.0220 e. The van der Waals surface area contributed by atoms with E-state index >= 15 is 0 Å². The monoisotopic (exact) mass is 268 g/mol. The van der Waals surface area contributed by atoms with Crippen molar-refractivity contribution in [2.45, 2.75) is 78.7 Å². The summed E-state index contributed by atoms with van der Waals surface area (Å²) in [6.07, 6.45) is 9.45. The molecule has 0 aromatic rings. The molecule has 1 heterocycles. The smallest absolute Gasteiger partial charge is 0.0220 e. The lowest BCUT2D eigenvalue weighted by Crippen LogP contribution is -2.48. The van der Waals surface area contributed by atoms with Gasteiger partial charge < -0.3 is 5.32 Å². The molecule has 0 aliphatic carbocycles. The van der Waals surface area contributed by atoms with Crippen molar-refractivity contribution >= 4 is 0 Å². The number of likely N-dealkylation sites (tertiary alicyclic amines) is 1. The van der Waals surface area contributed by atoms with Gasteiger partial charge in [0.05, 0.1) is 0 Å². The minimum Gasteiger partial charge on any atom is -0.315 e. The molecule has 1 atom stereocenters. The number of rotatable bonds is 9. The summed E-state index contributed by atoms with van der Waals surface area (Å²) in [5, 5.41) is 3.62. The summed E-state index contributed by atoms with van der Waals surface area (Å²) < 4.78 is 0. The fourth-order valence-corrected chi connectivity index (χ4v) is 3.51. The second-order valence-corrected chi connectivity index (χ2v) is 6.39. The van der Waals surface area contributed by atoms with Gasteiger partial charge >= 0.3 is 0 Å². The third kappa shape index (κ3) is 5.07. The van der Waals surface area contributed by atoms with Crippen molar-refractivity contribution < 1.29 is 0 Å². The molecule has 1 rings (SSSR count). The Morgan fingerprint density at radius 3 is 2.11 bits per heavy atom. The lowest BCUT2D eigenvalue weighted by molar-refractivity contribution is 0.0626. The Morgan fingerprint density at radius 1 is 1.00 bits per heavy atom. The first-order valence-electron chi connectivity index (χ1n) is 8.66. The normalized spacial score (nSPS) is 21.5. The third-order valence-corrected chi connectivity index (χ3v) is 5.30. The van der Waals surface area contributed by atoms with Gasteiger partial charge in [-0.1, -0.05) is 47.0 Å². The number of nitrogens with one attached hydrogen (secondary N) is 1. The van der Waals surface area contributed by atoms with E-state index < -0.39 is 0 Å². The highest BCUT2D eigenvalue weighted by molar-refractivity contribution is 4.87. The molecule has 1 aliphatic heterocycles. The van der Waals surface area contributed by atoms with Crippen molar-refractivity contribution in [3.05, 3.63) is 0 Å². The first-order valence-corrected chi connectivity index (χ1v) is 8.66. The molecule has 1 aliphatic rings. The molecule has 1 N–H and O–H groups in total. The Bertz CT molecular complexity index is 213. The molecule has 0 saturated carbocycles. The quantitative estimate of drug-likeness (QED) is 0.635. The van der Waals surface area contributed by atoms with Gasteiger partial charge in [0.15, 0.2) is 0 Å². The van der Waals surface area contributed by atoms with Crippen molar-refractivity contribution in [2.75, 3.05) is 26.2 Å². The average Bonchev–Trinajstić information content (AvgIpc) is 2.47. The summed E-state index contributed by atoms with van der Waals surface area (Å²) in [5.41, 5.74) is 0.657. The van der Waals surface area contributed by atoms with Gasteiger partial charge in [-0.3, -0.25) is 4.90 Å². The van der Waals surface area contributed by atoms with E-state index in [-0.39, 0.29) is 0 Å². The molecule has 1 unspecified atom stereocenters. The zero-order valence-electron chi connectivity index (χ0n) is 13.8. The van der Waals surface area contributed by atoms with E-state index in [1.165, 1.54) is 71.1 Å². The van der Waals surface area contributed by atoms with Crippen LogP contribution in [0.25, 0.3) is 0 Å². The summed E-state index contributed by atoms with van der Waals surface area (Å²) in [6, 6.07) is 0.767. The highest BCUT2D eigenvalue weighted by Gasteiger charge is 2.33. The van der Waals surface area contributed by atoms with Crippen molar-refractivity contribution in [3.63, 3.8) is 0 Å². The standard InChI is InChI=1S/C17H36N2/c1-5-9-16(15-18-12-6-2)19-13-10-17(7-3,8-4)11-14-19/h16,18H,5-15H2,1-4H3. The van der Waals surface area contributed by atoms with Crippen LogP contribution in [0.2, 0.25) is 0 Å². The van der Waals surface area contributed by atoms with Gasteiger partial charge in [0.2, 0.25) is 0 Å². The average molecular weight is 268 g/mol. The van der Waals surface area contributed by atoms with Crippen LogP contribution in [0.5, 0.6) is 0 Å². The largest absolute Gasteiger partial charge is 0.315 e. The molecular weight excluding hydrogens is 232 g/mol. The molecule has 2 heteroatoms. The molecule has 1 fully saturated rings. The van der Waals surface area contributed by atoms with Crippen LogP contribution >= 0.6 is 0 Å². The summed E-state index contributed by atoms with van der Waals surface area (Å²) >= 11 is 0. The maximum atomic E-state index is 3.62. The predicted molar refractivity (Wildman–Crippen MR) is 85.7 cm³/mol. The Kier molecular flexibility index (Phi) is 8.01. The first-order chi connectivity index (χ1) is 9.21. The first kappa shape index (κ1) is 17.0. The summed E-state index contributed by atoms with van der Waals surface area (Å²) in [5.74, 6) is 0. The lowest BCUT2D eigenvalue weighted by Gasteiger charge is -2.44. The van der Waals surface area contributed by atoms with Crippen molar-refractivity contribution in [2.24, 2.45) is 5.41 Å². The van der Waals surface area contributed by atoms with E-state index in [9.17, 15) is 0 Å². The number of hydrogen-bond donors (Lipinski definition) is 1. The fourth-order valence-electron chi connectivity index (χ4n) is 3.51. The zero-order chi connectivity index (χ0) is 14.1. The molecule has 0 bridgehead atoms. The van der Waals surface area contributed by atoms with Gasteiger partial charge in [0.25, 0.3) is 0 Å². The lowest BCUT2D eigenvalue weighted by atomic mass is 9.74. The van der Waals surface area contributed by atoms with Gasteiger partial charge in [-0.2, -0.15) is 0 Å².